The van der Waals surface area contributed by atoms with Gasteiger partial charge in [0.2, 0.25) is 19.9 Å². The number of sulfone groups is 1. The monoisotopic (exact) mass is 571 g/mol. The Morgan fingerprint density at radius 2 is 1.47 bits per heavy atom. The fraction of sp³-hybridized carbons (Fsp3) is 0.217. The highest BCUT2D eigenvalue weighted by Gasteiger charge is 2.23. The Kier molecular flexibility index (Phi) is 8.02. The van der Waals surface area contributed by atoms with E-state index in [9.17, 15) is 21.2 Å². The third-order valence-corrected chi connectivity index (χ3v) is 9.23. The van der Waals surface area contributed by atoms with Crippen LogP contribution in [0.1, 0.15) is 11.1 Å². The highest BCUT2D eigenvalue weighted by molar-refractivity contribution is 9.10. The second kappa shape index (κ2) is 10.4. The molecule has 0 saturated carbocycles. The summed E-state index contributed by atoms with van der Waals surface area (Å²) in [5.74, 6) is 0.475. The Labute approximate surface area is 207 Å². The molecule has 7 nitrogen and oxygen atoms in total. The zero-order valence-electron chi connectivity index (χ0n) is 18.6. The van der Waals surface area contributed by atoms with Crippen molar-refractivity contribution in [2.75, 3.05) is 20.8 Å². The summed E-state index contributed by atoms with van der Waals surface area (Å²) in [6.45, 7) is 1.64. The molecular formula is C23H23BrFNO6S2. The molecule has 0 fully saturated rings. The topological polar surface area (TPSA) is 98.8 Å². The van der Waals surface area contributed by atoms with Gasteiger partial charge in [0, 0.05) is 11.0 Å². The number of rotatable bonds is 9. The van der Waals surface area contributed by atoms with Crippen molar-refractivity contribution >= 4 is 35.8 Å². The minimum absolute atomic E-state index is 0.0603. The molecule has 0 aliphatic rings. The largest absolute Gasteiger partial charge is 0.493 e. The van der Waals surface area contributed by atoms with Crippen molar-refractivity contribution in [3.63, 3.8) is 0 Å². The molecular weight excluding hydrogens is 549 g/mol. The molecule has 0 aliphatic carbocycles. The lowest BCUT2D eigenvalue weighted by atomic mass is 10.1. The molecule has 3 rings (SSSR count). The molecule has 0 saturated heterocycles. The molecule has 0 bridgehead atoms. The molecule has 11 heteroatoms. The normalized spacial score (nSPS) is 11.9. The zero-order chi connectivity index (χ0) is 25.1. The van der Waals surface area contributed by atoms with Crippen LogP contribution in [0.5, 0.6) is 11.5 Å². The van der Waals surface area contributed by atoms with E-state index in [1.54, 1.807) is 19.1 Å². The number of ether oxygens (including phenoxy) is 2. The number of hydrogen-bond acceptors (Lipinski definition) is 6. The average Bonchev–Trinajstić information content (AvgIpc) is 2.80. The standard InChI is InChI=1S/C23H23BrFNO6S2/c1-15-4-7-19(33(27,28)18-8-5-17(25)6-9-18)13-23(15)34(29,30)26-11-10-16-12-21(31-2)22(32-3)14-20(16)24/h4-9,12-14,26H,10-11H2,1-3H3. The van der Waals surface area contributed by atoms with E-state index in [2.05, 4.69) is 20.7 Å². The van der Waals surface area contributed by atoms with Crippen molar-refractivity contribution in [3.05, 3.63) is 76.0 Å². The van der Waals surface area contributed by atoms with Crippen LogP contribution in [-0.2, 0) is 26.3 Å². The third kappa shape index (κ3) is 5.60. The predicted octanol–water partition coefficient (Wildman–Crippen LogP) is 4.27. The van der Waals surface area contributed by atoms with E-state index in [0.717, 1.165) is 40.4 Å². The van der Waals surface area contributed by atoms with E-state index < -0.39 is 25.7 Å². The first-order valence-electron chi connectivity index (χ1n) is 10.0. The molecule has 0 heterocycles. The van der Waals surface area contributed by atoms with Crippen LogP contribution in [0, 0.1) is 12.7 Å². The molecule has 0 aromatic heterocycles. The van der Waals surface area contributed by atoms with Crippen LogP contribution in [0.4, 0.5) is 4.39 Å². The van der Waals surface area contributed by atoms with Gasteiger partial charge in [0.05, 0.1) is 28.9 Å². The van der Waals surface area contributed by atoms with Crippen molar-refractivity contribution < 1.29 is 30.7 Å². The van der Waals surface area contributed by atoms with Gasteiger partial charge in [0.1, 0.15) is 5.82 Å². The van der Waals surface area contributed by atoms with Crippen LogP contribution in [0.2, 0.25) is 0 Å². The molecule has 0 amide bonds. The van der Waals surface area contributed by atoms with E-state index in [1.807, 2.05) is 0 Å². The maximum Gasteiger partial charge on any atom is 0.240 e. The molecule has 182 valence electrons. The summed E-state index contributed by atoms with van der Waals surface area (Å²) >= 11 is 3.44. The lowest BCUT2D eigenvalue weighted by Gasteiger charge is -2.14. The molecule has 1 N–H and O–H groups in total. The van der Waals surface area contributed by atoms with Gasteiger partial charge in [-0.2, -0.15) is 0 Å². The highest BCUT2D eigenvalue weighted by Crippen LogP contribution is 2.33. The zero-order valence-corrected chi connectivity index (χ0v) is 21.9. The molecule has 0 atom stereocenters. The van der Waals surface area contributed by atoms with Gasteiger partial charge < -0.3 is 9.47 Å². The Balaban J connectivity index is 1.84. The summed E-state index contributed by atoms with van der Waals surface area (Å²) in [6.07, 6.45) is 0.340. The molecule has 0 radical (unpaired) electrons. The van der Waals surface area contributed by atoms with Crippen LogP contribution in [0.25, 0.3) is 0 Å². The first-order chi connectivity index (χ1) is 16.0. The quantitative estimate of drug-likeness (QED) is 0.385. The second-order valence-corrected chi connectivity index (χ2v) is 11.9. The Morgan fingerprint density at radius 3 is 2.09 bits per heavy atom. The van der Waals surface area contributed by atoms with Crippen molar-refractivity contribution in [1.82, 2.24) is 4.72 Å². The predicted molar refractivity (Wildman–Crippen MR) is 129 cm³/mol. The summed E-state index contributed by atoms with van der Waals surface area (Å²) < 4.78 is 78.8. The molecule has 0 spiro atoms. The van der Waals surface area contributed by atoms with Crippen molar-refractivity contribution in [3.8, 4) is 11.5 Å². The Bertz CT molecular complexity index is 1410. The molecule has 0 aliphatic heterocycles. The SMILES string of the molecule is COc1cc(Br)c(CCNS(=O)(=O)c2cc(S(=O)(=O)c3ccc(F)cc3)ccc2C)cc1OC. The van der Waals surface area contributed by atoms with Gasteiger partial charge in [-0.3, -0.25) is 0 Å². The minimum atomic E-state index is -4.03. The summed E-state index contributed by atoms with van der Waals surface area (Å²) in [6, 6.07) is 11.7. The van der Waals surface area contributed by atoms with E-state index >= 15 is 0 Å². The first-order valence-corrected chi connectivity index (χ1v) is 13.8. The van der Waals surface area contributed by atoms with Gasteiger partial charge in [-0.1, -0.05) is 22.0 Å². The molecule has 3 aromatic rings. The smallest absolute Gasteiger partial charge is 0.240 e. The van der Waals surface area contributed by atoms with Crippen LogP contribution in [0.3, 0.4) is 0 Å². The van der Waals surface area contributed by atoms with E-state index in [4.69, 9.17) is 9.47 Å². The summed E-state index contributed by atoms with van der Waals surface area (Å²) in [5.41, 5.74) is 1.18. The third-order valence-electron chi connectivity index (χ3n) is 5.12. The lowest BCUT2D eigenvalue weighted by molar-refractivity contribution is 0.354. The van der Waals surface area contributed by atoms with Crippen LogP contribution < -0.4 is 14.2 Å². The number of nitrogens with one attached hydrogen (secondary N) is 1. The minimum Gasteiger partial charge on any atom is -0.493 e. The summed E-state index contributed by atoms with van der Waals surface area (Å²) in [7, 11) is -5.02. The van der Waals surface area contributed by atoms with Crippen molar-refractivity contribution in [1.29, 1.82) is 0 Å². The van der Waals surface area contributed by atoms with Crippen LogP contribution >= 0.6 is 15.9 Å². The summed E-state index contributed by atoms with van der Waals surface area (Å²) in [4.78, 5) is -0.484. The first kappa shape index (κ1) is 26.1. The Morgan fingerprint density at radius 1 is 0.882 bits per heavy atom. The van der Waals surface area contributed by atoms with Gasteiger partial charge in [0.25, 0.3) is 0 Å². The molecule has 3 aromatic carbocycles. The lowest BCUT2D eigenvalue weighted by Crippen LogP contribution is -2.27. The van der Waals surface area contributed by atoms with Crippen LogP contribution in [-0.4, -0.2) is 37.6 Å². The van der Waals surface area contributed by atoms with Gasteiger partial charge in [0.15, 0.2) is 11.5 Å². The van der Waals surface area contributed by atoms with E-state index in [0.29, 0.717) is 23.5 Å². The van der Waals surface area contributed by atoms with Crippen LogP contribution in [0.15, 0.2) is 73.8 Å². The van der Waals surface area contributed by atoms with E-state index in [1.165, 1.54) is 26.4 Å². The number of benzene rings is 3. The number of sulfonamides is 1. The Hall–Kier alpha value is -2.47. The van der Waals surface area contributed by atoms with Gasteiger partial charge >= 0.3 is 0 Å². The fourth-order valence-electron chi connectivity index (χ4n) is 3.27. The van der Waals surface area contributed by atoms with E-state index in [-0.39, 0.29) is 21.2 Å². The maximum absolute atomic E-state index is 13.2. The van der Waals surface area contributed by atoms with Crippen molar-refractivity contribution in [2.24, 2.45) is 0 Å². The highest BCUT2D eigenvalue weighted by atomic mass is 79.9. The average molecular weight is 572 g/mol. The number of aryl methyl sites for hydroxylation is 1. The second-order valence-electron chi connectivity index (χ2n) is 7.33. The number of halogens is 2. The molecule has 0 unspecified atom stereocenters. The van der Waals surface area contributed by atoms with Gasteiger partial charge in [-0.25, -0.2) is 25.9 Å². The summed E-state index contributed by atoms with van der Waals surface area (Å²) in [5, 5.41) is 0. The maximum atomic E-state index is 13.2. The number of hydrogen-bond donors (Lipinski definition) is 1. The number of methoxy groups -OCH3 is 2. The molecule has 34 heavy (non-hydrogen) atoms. The van der Waals surface area contributed by atoms with Gasteiger partial charge in [-0.15, -0.1) is 0 Å². The fourth-order valence-corrected chi connectivity index (χ4v) is 6.45. The van der Waals surface area contributed by atoms with Crippen molar-refractivity contribution in [2.45, 2.75) is 28.0 Å². The van der Waals surface area contributed by atoms with Gasteiger partial charge in [-0.05, 0) is 73.0 Å².